The summed E-state index contributed by atoms with van der Waals surface area (Å²) in [5.41, 5.74) is 2.09. The normalized spacial score (nSPS) is 10.7. The van der Waals surface area contributed by atoms with Gasteiger partial charge in [-0.1, -0.05) is 11.6 Å². The van der Waals surface area contributed by atoms with Crippen molar-refractivity contribution in [1.29, 1.82) is 0 Å². The van der Waals surface area contributed by atoms with Gasteiger partial charge in [0.1, 0.15) is 0 Å². The van der Waals surface area contributed by atoms with Crippen LogP contribution in [0, 0.1) is 10.1 Å². The third-order valence-electron chi connectivity index (χ3n) is 3.08. The maximum atomic E-state index is 11.8. The van der Waals surface area contributed by atoms with E-state index < -0.39 is 16.4 Å². The van der Waals surface area contributed by atoms with E-state index in [9.17, 15) is 20.0 Å². The zero-order valence-corrected chi connectivity index (χ0v) is 15.1. The first-order valence-electron chi connectivity index (χ1n) is 7.16. The van der Waals surface area contributed by atoms with Gasteiger partial charge in [-0.15, -0.1) is 11.8 Å². The largest absolute Gasteiger partial charge is 0.500 e. The van der Waals surface area contributed by atoms with Crippen LogP contribution in [0.2, 0.25) is 5.02 Å². The molecule has 2 N–H and O–H groups in total. The van der Waals surface area contributed by atoms with Gasteiger partial charge in [0.05, 0.1) is 24.0 Å². The van der Waals surface area contributed by atoms with Crippen LogP contribution in [0.5, 0.6) is 11.5 Å². The van der Waals surface area contributed by atoms with Crippen LogP contribution >= 0.6 is 23.4 Å². The molecule has 136 valence electrons. The minimum absolute atomic E-state index is 0.0646. The van der Waals surface area contributed by atoms with E-state index in [2.05, 4.69) is 10.5 Å². The van der Waals surface area contributed by atoms with Gasteiger partial charge in [0.25, 0.3) is 0 Å². The fraction of sp³-hybridized carbons (Fsp3) is 0.125. The monoisotopic (exact) mass is 395 g/mol. The van der Waals surface area contributed by atoms with E-state index >= 15 is 0 Å². The summed E-state index contributed by atoms with van der Waals surface area (Å²) in [6.07, 6.45) is 1.22. The second-order valence-electron chi connectivity index (χ2n) is 4.88. The lowest BCUT2D eigenvalue weighted by atomic mass is 10.2. The summed E-state index contributed by atoms with van der Waals surface area (Å²) >= 11 is 7.10. The number of methoxy groups -OCH3 is 1. The van der Waals surface area contributed by atoms with Crippen LogP contribution in [0.1, 0.15) is 5.56 Å². The summed E-state index contributed by atoms with van der Waals surface area (Å²) < 4.78 is 4.88. The molecule has 26 heavy (non-hydrogen) atoms. The van der Waals surface area contributed by atoms with Gasteiger partial charge >= 0.3 is 5.69 Å². The fourth-order valence-corrected chi connectivity index (χ4v) is 2.69. The molecule has 0 radical (unpaired) electrons. The first-order valence-corrected chi connectivity index (χ1v) is 8.52. The highest BCUT2D eigenvalue weighted by molar-refractivity contribution is 8.00. The maximum Gasteiger partial charge on any atom is 0.315 e. The SMILES string of the molecule is COc1cc(/C=N/NC(=O)CSc2ccc(Cl)cc2)cc([N+](=O)[O-])c1O. The number of nitro groups is 1. The van der Waals surface area contributed by atoms with E-state index in [1.165, 1.54) is 31.2 Å². The Hall–Kier alpha value is -2.78. The van der Waals surface area contributed by atoms with Gasteiger partial charge in [0, 0.05) is 21.5 Å². The number of nitro benzene ring substituents is 1. The highest BCUT2D eigenvalue weighted by Gasteiger charge is 2.19. The molecular weight excluding hydrogens is 382 g/mol. The molecule has 0 bridgehead atoms. The lowest BCUT2D eigenvalue weighted by molar-refractivity contribution is -0.386. The Bertz CT molecular complexity index is 843. The van der Waals surface area contributed by atoms with E-state index in [1.54, 1.807) is 24.3 Å². The maximum absolute atomic E-state index is 11.8. The molecule has 0 aliphatic carbocycles. The van der Waals surface area contributed by atoms with E-state index in [-0.39, 0.29) is 23.0 Å². The first-order chi connectivity index (χ1) is 12.4. The van der Waals surface area contributed by atoms with E-state index in [1.807, 2.05) is 0 Å². The molecule has 0 unspecified atom stereocenters. The summed E-state index contributed by atoms with van der Waals surface area (Å²) in [6, 6.07) is 9.53. The number of amides is 1. The number of carbonyl (C=O) groups excluding carboxylic acids is 1. The second-order valence-corrected chi connectivity index (χ2v) is 6.37. The van der Waals surface area contributed by atoms with Crippen molar-refractivity contribution in [3.05, 3.63) is 57.1 Å². The lowest BCUT2D eigenvalue weighted by Gasteiger charge is -2.05. The summed E-state index contributed by atoms with van der Waals surface area (Å²) in [5, 5.41) is 25.0. The Morgan fingerprint density at radius 2 is 2.12 bits per heavy atom. The molecule has 2 aromatic carbocycles. The third-order valence-corrected chi connectivity index (χ3v) is 4.34. The van der Waals surface area contributed by atoms with Crippen molar-refractivity contribution >= 4 is 41.2 Å². The number of phenolic OH excluding ortho intramolecular Hbond substituents is 1. The van der Waals surface area contributed by atoms with Crippen molar-refractivity contribution in [2.24, 2.45) is 5.10 Å². The number of hydrogen-bond acceptors (Lipinski definition) is 7. The van der Waals surface area contributed by atoms with E-state index in [0.29, 0.717) is 5.02 Å². The predicted octanol–water partition coefficient (Wildman–Crippen LogP) is 3.20. The zero-order valence-electron chi connectivity index (χ0n) is 13.5. The number of hydrazone groups is 1. The number of thioether (sulfide) groups is 1. The topological polar surface area (TPSA) is 114 Å². The molecule has 10 heteroatoms. The Morgan fingerprint density at radius 3 is 2.73 bits per heavy atom. The van der Waals surface area contributed by atoms with Crippen LogP contribution in [0.15, 0.2) is 46.4 Å². The molecule has 0 aliphatic rings. The number of benzene rings is 2. The van der Waals surface area contributed by atoms with Crippen LogP contribution < -0.4 is 10.2 Å². The van der Waals surface area contributed by atoms with E-state index in [4.69, 9.17) is 16.3 Å². The van der Waals surface area contributed by atoms with Gasteiger partial charge in [-0.05, 0) is 30.3 Å². The number of carbonyl (C=O) groups is 1. The van der Waals surface area contributed by atoms with Crippen LogP contribution in [-0.2, 0) is 4.79 Å². The Balaban J connectivity index is 1.96. The number of ether oxygens (including phenoxy) is 1. The standard InChI is InChI=1S/C16H14ClN3O5S/c1-25-14-7-10(6-13(16(14)22)20(23)24)8-18-19-15(21)9-26-12-4-2-11(17)3-5-12/h2-8,22H,9H2,1H3,(H,19,21)/b18-8+. The van der Waals surface area contributed by atoms with Crippen LogP contribution in [-0.4, -0.2) is 35.0 Å². The van der Waals surface area contributed by atoms with Crippen molar-refractivity contribution < 1.29 is 19.6 Å². The molecule has 8 nitrogen and oxygen atoms in total. The molecule has 0 spiro atoms. The highest BCUT2D eigenvalue weighted by Crippen LogP contribution is 2.36. The van der Waals surface area contributed by atoms with Crippen molar-refractivity contribution in [2.45, 2.75) is 4.90 Å². The Kier molecular flexibility index (Phi) is 6.81. The number of nitrogens with one attached hydrogen (secondary N) is 1. The second kappa shape index (κ2) is 9.07. The minimum atomic E-state index is -0.740. The average molecular weight is 396 g/mol. The molecule has 0 aromatic heterocycles. The minimum Gasteiger partial charge on any atom is -0.500 e. The van der Waals surface area contributed by atoms with Gasteiger partial charge in [0.2, 0.25) is 11.7 Å². The van der Waals surface area contributed by atoms with Crippen LogP contribution in [0.3, 0.4) is 0 Å². The molecule has 0 aliphatic heterocycles. The van der Waals surface area contributed by atoms with Gasteiger partial charge < -0.3 is 9.84 Å². The number of halogens is 1. The molecule has 2 rings (SSSR count). The third kappa shape index (κ3) is 5.36. The first kappa shape index (κ1) is 19.5. The number of hydrogen-bond donors (Lipinski definition) is 2. The van der Waals surface area contributed by atoms with E-state index in [0.717, 1.165) is 11.0 Å². The van der Waals surface area contributed by atoms with Crippen molar-refractivity contribution in [2.75, 3.05) is 12.9 Å². The Labute approximate surface area is 158 Å². The zero-order chi connectivity index (χ0) is 19.1. The number of rotatable bonds is 7. The highest BCUT2D eigenvalue weighted by atomic mass is 35.5. The molecule has 0 saturated heterocycles. The van der Waals surface area contributed by atoms with Crippen molar-refractivity contribution in [3.63, 3.8) is 0 Å². The summed E-state index contributed by atoms with van der Waals surface area (Å²) in [5.74, 6) is -0.845. The molecular formula is C16H14ClN3O5S. The summed E-state index contributed by atoms with van der Waals surface area (Å²) in [4.78, 5) is 22.9. The predicted molar refractivity (Wildman–Crippen MR) is 99.2 cm³/mol. The van der Waals surface area contributed by atoms with Gasteiger partial charge in [-0.3, -0.25) is 14.9 Å². The lowest BCUT2D eigenvalue weighted by Crippen LogP contribution is -2.19. The molecule has 2 aromatic rings. The molecule has 0 saturated carbocycles. The average Bonchev–Trinajstić information content (AvgIpc) is 2.62. The number of phenols is 1. The van der Waals surface area contributed by atoms with Gasteiger partial charge in [-0.25, -0.2) is 5.43 Å². The molecule has 0 heterocycles. The molecule has 0 fully saturated rings. The van der Waals surface area contributed by atoms with Gasteiger partial charge in [-0.2, -0.15) is 5.10 Å². The van der Waals surface area contributed by atoms with Crippen molar-refractivity contribution in [1.82, 2.24) is 5.43 Å². The van der Waals surface area contributed by atoms with Crippen LogP contribution in [0.4, 0.5) is 5.69 Å². The quantitative estimate of drug-likeness (QED) is 0.322. The number of aromatic hydroxyl groups is 1. The fourth-order valence-electron chi connectivity index (χ4n) is 1.87. The summed E-state index contributed by atoms with van der Waals surface area (Å²) in [6.45, 7) is 0. The number of nitrogens with zero attached hydrogens (tertiary/aromatic N) is 2. The summed E-state index contributed by atoms with van der Waals surface area (Å²) in [7, 11) is 1.27. The van der Waals surface area contributed by atoms with Gasteiger partial charge in [0.15, 0.2) is 5.75 Å². The van der Waals surface area contributed by atoms with Crippen LogP contribution in [0.25, 0.3) is 0 Å². The molecule has 0 atom stereocenters. The smallest absolute Gasteiger partial charge is 0.315 e. The molecule has 1 amide bonds. The van der Waals surface area contributed by atoms with Crippen molar-refractivity contribution in [3.8, 4) is 11.5 Å². The Morgan fingerprint density at radius 1 is 1.42 bits per heavy atom.